The molecule has 2 aliphatic rings. The van der Waals surface area contributed by atoms with Crippen molar-refractivity contribution in [3.8, 4) is 0 Å². The molecule has 2 heterocycles. The van der Waals surface area contributed by atoms with Crippen LogP contribution >= 0.6 is 0 Å². The molecule has 0 aliphatic carbocycles. The second-order valence-corrected chi connectivity index (χ2v) is 7.36. The average molecular weight is 296 g/mol. The number of hydrogen-bond acceptors (Lipinski definition) is 3. The van der Waals surface area contributed by atoms with Crippen molar-refractivity contribution in [1.82, 2.24) is 15.1 Å². The number of nitrogens with zero attached hydrogens (tertiary/aromatic N) is 2. The van der Waals surface area contributed by atoms with Crippen LogP contribution in [-0.2, 0) is 0 Å². The highest BCUT2D eigenvalue weighted by atomic mass is 15.3. The molecule has 0 aromatic carbocycles. The number of piperidine rings is 1. The smallest absolute Gasteiger partial charge is 0.0235 e. The minimum absolute atomic E-state index is 0.640. The second-order valence-electron chi connectivity index (χ2n) is 7.36. The Morgan fingerprint density at radius 1 is 0.952 bits per heavy atom. The Morgan fingerprint density at radius 3 is 2.48 bits per heavy atom. The van der Waals surface area contributed by atoms with Gasteiger partial charge in [0, 0.05) is 18.6 Å². The molecule has 0 aromatic rings. The summed E-state index contributed by atoms with van der Waals surface area (Å²) in [5.74, 6) is 0. The van der Waals surface area contributed by atoms with Gasteiger partial charge in [-0.2, -0.15) is 0 Å². The zero-order chi connectivity index (χ0) is 14.9. The van der Waals surface area contributed by atoms with Crippen LogP contribution in [0.25, 0.3) is 0 Å². The first-order chi connectivity index (χ1) is 10.3. The van der Waals surface area contributed by atoms with E-state index in [9.17, 15) is 0 Å². The predicted molar refractivity (Wildman–Crippen MR) is 91.9 cm³/mol. The van der Waals surface area contributed by atoms with Crippen LogP contribution in [0.5, 0.6) is 0 Å². The fourth-order valence-corrected chi connectivity index (χ4v) is 3.80. The summed E-state index contributed by atoms with van der Waals surface area (Å²) in [6.07, 6.45) is 11.3. The van der Waals surface area contributed by atoms with Crippen LogP contribution in [0, 0.1) is 0 Å². The largest absolute Gasteiger partial charge is 0.315 e. The number of nitrogens with one attached hydrogen (secondary N) is 1. The second kappa shape index (κ2) is 9.81. The highest BCUT2D eigenvalue weighted by Crippen LogP contribution is 2.20. The molecule has 3 heteroatoms. The highest BCUT2D eigenvalue weighted by Gasteiger charge is 2.27. The molecule has 0 radical (unpaired) electrons. The molecule has 0 amide bonds. The van der Waals surface area contributed by atoms with Gasteiger partial charge in [-0.3, -0.25) is 4.90 Å². The summed E-state index contributed by atoms with van der Waals surface area (Å²) < 4.78 is 0. The lowest BCUT2D eigenvalue weighted by molar-refractivity contribution is 0.162. The number of rotatable bonds is 9. The van der Waals surface area contributed by atoms with E-state index in [2.05, 4.69) is 29.0 Å². The van der Waals surface area contributed by atoms with Crippen molar-refractivity contribution in [2.24, 2.45) is 0 Å². The van der Waals surface area contributed by atoms with Crippen molar-refractivity contribution in [2.75, 3.05) is 39.3 Å². The normalized spacial score (nSPS) is 25.0. The monoisotopic (exact) mass is 295 g/mol. The maximum absolute atomic E-state index is 3.50. The van der Waals surface area contributed by atoms with Gasteiger partial charge in [-0.1, -0.05) is 33.1 Å². The van der Waals surface area contributed by atoms with Crippen LogP contribution in [0.1, 0.15) is 65.2 Å². The summed E-state index contributed by atoms with van der Waals surface area (Å²) in [7, 11) is 0. The molecule has 0 saturated carbocycles. The van der Waals surface area contributed by atoms with Crippen molar-refractivity contribution in [2.45, 2.75) is 77.3 Å². The van der Waals surface area contributed by atoms with Gasteiger partial charge in [0.2, 0.25) is 0 Å². The van der Waals surface area contributed by atoms with Crippen LogP contribution in [-0.4, -0.2) is 61.2 Å². The summed E-state index contributed by atoms with van der Waals surface area (Å²) in [4.78, 5) is 5.48. The van der Waals surface area contributed by atoms with E-state index in [0.29, 0.717) is 6.04 Å². The van der Waals surface area contributed by atoms with E-state index in [0.717, 1.165) is 6.04 Å². The van der Waals surface area contributed by atoms with Crippen LogP contribution in [0.3, 0.4) is 0 Å². The standard InChI is InChI=1S/C18H37N3/c1-17(2)19-11-6-3-4-7-12-20-15-10-18(16-20)21-13-8-5-9-14-21/h17-19H,3-16H2,1-2H3. The lowest BCUT2D eigenvalue weighted by Gasteiger charge is -2.32. The summed E-state index contributed by atoms with van der Waals surface area (Å²) in [5, 5.41) is 3.50. The predicted octanol–water partition coefficient (Wildman–Crippen LogP) is 3.11. The van der Waals surface area contributed by atoms with E-state index in [1.165, 1.54) is 90.6 Å². The van der Waals surface area contributed by atoms with Gasteiger partial charge in [-0.05, 0) is 64.8 Å². The molecule has 2 rings (SSSR count). The molecule has 1 atom stereocenters. The average Bonchev–Trinajstić information content (AvgIpc) is 2.96. The minimum Gasteiger partial charge on any atom is -0.315 e. The molecule has 0 aromatic heterocycles. The minimum atomic E-state index is 0.640. The lowest BCUT2D eigenvalue weighted by Crippen LogP contribution is -2.40. The third-order valence-corrected chi connectivity index (χ3v) is 5.11. The van der Waals surface area contributed by atoms with Gasteiger partial charge < -0.3 is 10.2 Å². The molecule has 1 unspecified atom stereocenters. The van der Waals surface area contributed by atoms with Crippen LogP contribution < -0.4 is 5.32 Å². The SMILES string of the molecule is CC(C)NCCCCCCN1CCC(N2CCCCC2)C1. The lowest BCUT2D eigenvalue weighted by atomic mass is 10.1. The Kier molecular flexibility index (Phi) is 8.05. The first kappa shape index (κ1) is 17.2. The van der Waals surface area contributed by atoms with Crippen molar-refractivity contribution in [3.05, 3.63) is 0 Å². The Morgan fingerprint density at radius 2 is 1.71 bits per heavy atom. The maximum atomic E-state index is 3.50. The molecule has 2 saturated heterocycles. The molecule has 21 heavy (non-hydrogen) atoms. The maximum Gasteiger partial charge on any atom is 0.0235 e. The zero-order valence-electron chi connectivity index (χ0n) is 14.4. The van der Waals surface area contributed by atoms with Crippen molar-refractivity contribution in [1.29, 1.82) is 0 Å². The number of hydrogen-bond donors (Lipinski definition) is 1. The van der Waals surface area contributed by atoms with Gasteiger partial charge in [0.1, 0.15) is 0 Å². The highest BCUT2D eigenvalue weighted by molar-refractivity contribution is 4.84. The molecule has 0 bridgehead atoms. The molecule has 1 N–H and O–H groups in total. The van der Waals surface area contributed by atoms with Gasteiger partial charge in [0.15, 0.2) is 0 Å². The van der Waals surface area contributed by atoms with E-state index >= 15 is 0 Å². The van der Waals surface area contributed by atoms with E-state index in [1.807, 2.05) is 0 Å². The fourth-order valence-electron chi connectivity index (χ4n) is 3.80. The summed E-state index contributed by atoms with van der Waals surface area (Å²) in [5.41, 5.74) is 0. The molecule has 3 nitrogen and oxygen atoms in total. The van der Waals surface area contributed by atoms with Crippen molar-refractivity contribution in [3.63, 3.8) is 0 Å². The number of unbranched alkanes of at least 4 members (excludes halogenated alkanes) is 3. The molecule has 2 fully saturated rings. The molecule has 2 aliphatic heterocycles. The number of likely N-dealkylation sites (tertiary alicyclic amines) is 2. The summed E-state index contributed by atoms with van der Waals surface area (Å²) in [6.45, 7) is 12.4. The van der Waals surface area contributed by atoms with E-state index < -0.39 is 0 Å². The van der Waals surface area contributed by atoms with Crippen molar-refractivity contribution < 1.29 is 0 Å². The quantitative estimate of drug-likeness (QED) is 0.659. The zero-order valence-corrected chi connectivity index (χ0v) is 14.4. The molecule has 0 spiro atoms. The Bertz CT molecular complexity index is 261. The van der Waals surface area contributed by atoms with Crippen LogP contribution in [0.4, 0.5) is 0 Å². The Balaban J connectivity index is 1.46. The van der Waals surface area contributed by atoms with Gasteiger partial charge in [-0.25, -0.2) is 0 Å². The molecule has 124 valence electrons. The van der Waals surface area contributed by atoms with Crippen LogP contribution in [0.2, 0.25) is 0 Å². The van der Waals surface area contributed by atoms with E-state index in [1.54, 1.807) is 0 Å². The van der Waals surface area contributed by atoms with E-state index in [-0.39, 0.29) is 0 Å². The van der Waals surface area contributed by atoms with Gasteiger partial charge in [0.25, 0.3) is 0 Å². The third kappa shape index (κ3) is 6.66. The molecular formula is C18H37N3. The van der Waals surface area contributed by atoms with Gasteiger partial charge in [-0.15, -0.1) is 0 Å². The first-order valence-electron chi connectivity index (χ1n) is 9.45. The van der Waals surface area contributed by atoms with Gasteiger partial charge >= 0.3 is 0 Å². The fraction of sp³-hybridized carbons (Fsp3) is 1.00. The third-order valence-electron chi connectivity index (χ3n) is 5.11. The summed E-state index contributed by atoms with van der Waals surface area (Å²) in [6, 6.07) is 1.52. The Hall–Kier alpha value is -0.120. The summed E-state index contributed by atoms with van der Waals surface area (Å²) >= 11 is 0. The van der Waals surface area contributed by atoms with Gasteiger partial charge in [0.05, 0.1) is 0 Å². The van der Waals surface area contributed by atoms with Crippen LogP contribution in [0.15, 0.2) is 0 Å². The first-order valence-corrected chi connectivity index (χ1v) is 9.45. The Labute approximate surface area is 132 Å². The topological polar surface area (TPSA) is 18.5 Å². The van der Waals surface area contributed by atoms with Crippen molar-refractivity contribution >= 4 is 0 Å². The van der Waals surface area contributed by atoms with E-state index in [4.69, 9.17) is 0 Å². The molecular weight excluding hydrogens is 258 g/mol.